The van der Waals surface area contributed by atoms with Crippen LogP contribution >= 0.6 is 15.9 Å². The number of pyridine rings is 1. The lowest BCUT2D eigenvalue weighted by atomic mass is 10.0. The highest BCUT2D eigenvalue weighted by molar-refractivity contribution is 9.10. The quantitative estimate of drug-likeness (QED) is 0.375. The Morgan fingerprint density at radius 3 is 2.82 bits per heavy atom. The van der Waals surface area contributed by atoms with Crippen LogP contribution in [0.4, 0.5) is 10.2 Å². The van der Waals surface area contributed by atoms with Gasteiger partial charge in [-0.2, -0.15) is 0 Å². The van der Waals surface area contributed by atoms with Gasteiger partial charge in [0.1, 0.15) is 17.3 Å². The number of amides is 1. The largest absolute Gasteiger partial charge is 0.381 e. The van der Waals surface area contributed by atoms with Gasteiger partial charge in [-0.25, -0.2) is 9.37 Å². The van der Waals surface area contributed by atoms with Crippen LogP contribution in [0.25, 0.3) is 11.1 Å². The average Bonchev–Trinajstić information content (AvgIpc) is 3.29. The Kier molecular flexibility index (Phi) is 7.42. The van der Waals surface area contributed by atoms with Gasteiger partial charge in [-0.3, -0.25) is 4.79 Å². The smallest absolute Gasteiger partial charge is 0.268 e. The highest BCUT2D eigenvalue weighted by atomic mass is 79.9. The molecule has 0 spiro atoms. The predicted octanol–water partition coefficient (Wildman–Crippen LogP) is 4.31. The molecule has 4 rings (SSSR count). The van der Waals surface area contributed by atoms with Crippen LogP contribution in [-0.2, 0) is 4.74 Å². The first-order valence-corrected chi connectivity index (χ1v) is 11.7. The summed E-state index contributed by atoms with van der Waals surface area (Å²) in [5.74, 6) is 0.0893. The van der Waals surface area contributed by atoms with Crippen molar-refractivity contribution in [1.29, 1.82) is 0 Å². The van der Waals surface area contributed by atoms with Crippen molar-refractivity contribution in [1.82, 2.24) is 15.3 Å². The van der Waals surface area contributed by atoms with Gasteiger partial charge in [-0.05, 0) is 66.8 Å². The number of aryl methyl sites for hydroxylation is 1. The summed E-state index contributed by atoms with van der Waals surface area (Å²) < 4.78 is 19.8. The van der Waals surface area contributed by atoms with E-state index in [1.54, 1.807) is 18.3 Å². The molecule has 0 unspecified atom stereocenters. The number of benzene rings is 1. The average molecular weight is 516 g/mol. The number of rotatable bonds is 7. The standard InChI is InChI=1S/C24H27BrFN5O2/c1-14-12-29-23(30-19-2-4-33-5-3-19)10-20(14)16-8-21(28-13-16)24(32)31-22(11-27)15-6-17(25)9-18(26)7-15/h6-10,12-13,19,22,28H,2-5,11,27H2,1H3,(H,29,30)(H,31,32)/t22-/m1/s1. The molecule has 0 aliphatic carbocycles. The van der Waals surface area contributed by atoms with Crippen molar-refractivity contribution in [2.45, 2.75) is 31.8 Å². The summed E-state index contributed by atoms with van der Waals surface area (Å²) in [7, 11) is 0. The molecule has 5 N–H and O–H groups in total. The van der Waals surface area contributed by atoms with Gasteiger partial charge in [-0.15, -0.1) is 0 Å². The van der Waals surface area contributed by atoms with Crippen molar-refractivity contribution in [3.05, 3.63) is 69.8 Å². The van der Waals surface area contributed by atoms with Crippen molar-refractivity contribution in [2.24, 2.45) is 5.73 Å². The van der Waals surface area contributed by atoms with E-state index in [1.807, 2.05) is 19.2 Å². The first-order chi connectivity index (χ1) is 15.9. The number of aromatic amines is 1. The first kappa shape index (κ1) is 23.4. The normalized spacial score (nSPS) is 15.3. The van der Waals surface area contributed by atoms with E-state index in [0.717, 1.165) is 48.6 Å². The second-order valence-electron chi connectivity index (χ2n) is 8.18. The van der Waals surface area contributed by atoms with E-state index >= 15 is 0 Å². The number of H-pyrrole nitrogens is 1. The lowest BCUT2D eigenvalue weighted by Crippen LogP contribution is -2.33. The van der Waals surface area contributed by atoms with Crippen LogP contribution in [0.1, 0.15) is 40.5 Å². The highest BCUT2D eigenvalue weighted by Crippen LogP contribution is 2.27. The number of ether oxygens (including phenoxy) is 1. The molecule has 7 nitrogen and oxygen atoms in total. The summed E-state index contributed by atoms with van der Waals surface area (Å²) in [6.45, 7) is 3.63. The fraction of sp³-hybridized carbons (Fsp3) is 0.333. The molecule has 3 heterocycles. The van der Waals surface area contributed by atoms with Gasteiger partial charge < -0.3 is 26.1 Å². The van der Waals surface area contributed by atoms with E-state index in [2.05, 4.69) is 36.5 Å². The number of carbonyl (C=O) groups excluding carboxylic acids is 1. The van der Waals surface area contributed by atoms with E-state index in [4.69, 9.17) is 10.5 Å². The van der Waals surface area contributed by atoms with E-state index in [9.17, 15) is 9.18 Å². The van der Waals surface area contributed by atoms with Gasteiger partial charge in [0.25, 0.3) is 5.91 Å². The van der Waals surface area contributed by atoms with Gasteiger partial charge in [0.05, 0.1) is 6.04 Å². The number of nitrogens with two attached hydrogens (primary N) is 1. The minimum Gasteiger partial charge on any atom is -0.381 e. The zero-order valence-corrected chi connectivity index (χ0v) is 19.9. The number of hydrogen-bond acceptors (Lipinski definition) is 5. The topological polar surface area (TPSA) is 105 Å². The first-order valence-electron chi connectivity index (χ1n) is 10.9. The molecule has 9 heteroatoms. The number of halogens is 2. The molecule has 1 aromatic carbocycles. The fourth-order valence-corrected chi connectivity index (χ4v) is 4.42. The predicted molar refractivity (Wildman–Crippen MR) is 130 cm³/mol. The van der Waals surface area contributed by atoms with Gasteiger partial charge in [0, 0.05) is 48.2 Å². The molecular weight excluding hydrogens is 489 g/mol. The van der Waals surface area contributed by atoms with Crippen molar-refractivity contribution < 1.29 is 13.9 Å². The van der Waals surface area contributed by atoms with Crippen molar-refractivity contribution >= 4 is 27.7 Å². The third-order valence-corrected chi connectivity index (χ3v) is 6.20. The molecule has 1 amide bonds. The second-order valence-corrected chi connectivity index (χ2v) is 9.10. The Hall–Kier alpha value is -2.75. The van der Waals surface area contributed by atoms with Crippen LogP contribution in [0.5, 0.6) is 0 Å². The van der Waals surface area contributed by atoms with Gasteiger partial charge >= 0.3 is 0 Å². The summed E-state index contributed by atoms with van der Waals surface area (Å²) in [5, 5.41) is 6.36. The van der Waals surface area contributed by atoms with Crippen LogP contribution in [-0.4, -0.2) is 41.7 Å². The third kappa shape index (κ3) is 5.79. The molecule has 33 heavy (non-hydrogen) atoms. The number of nitrogens with one attached hydrogen (secondary N) is 3. The Bertz CT molecular complexity index is 1110. The Balaban J connectivity index is 1.49. The van der Waals surface area contributed by atoms with Gasteiger partial charge in [0.15, 0.2) is 0 Å². The molecule has 174 valence electrons. The van der Waals surface area contributed by atoms with E-state index < -0.39 is 11.9 Å². The van der Waals surface area contributed by atoms with E-state index in [-0.39, 0.29) is 12.5 Å². The number of hydrogen-bond donors (Lipinski definition) is 4. The summed E-state index contributed by atoms with van der Waals surface area (Å²) in [5.41, 5.74) is 9.72. The van der Waals surface area contributed by atoms with Crippen LogP contribution in [0, 0.1) is 12.7 Å². The van der Waals surface area contributed by atoms with Gasteiger partial charge in [-0.1, -0.05) is 15.9 Å². The molecule has 1 atom stereocenters. The van der Waals surface area contributed by atoms with Crippen LogP contribution in [0.2, 0.25) is 0 Å². The summed E-state index contributed by atoms with van der Waals surface area (Å²) in [4.78, 5) is 20.4. The number of carbonyl (C=O) groups is 1. The van der Waals surface area contributed by atoms with Gasteiger partial charge in [0.2, 0.25) is 0 Å². The Labute approximate surface area is 200 Å². The monoisotopic (exact) mass is 515 g/mol. The molecule has 2 aromatic heterocycles. The highest BCUT2D eigenvalue weighted by Gasteiger charge is 2.19. The van der Waals surface area contributed by atoms with Crippen molar-refractivity contribution in [2.75, 3.05) is 25.1 Å². The third-order valence-electron chi connectivity index (χ3n) is 5.74. The number of aromatic nitrogens is 2. The van der Waals surface area contributed by atoms with E-state index in [0.29, 0.717) is 21.8 Å². The van der Waals surface area contributed by atoms with Crippen molar-refractivity contribution in [3.63, 3.8) is 0 Å². The zero-order valence-electron chi connectivity index (χ0n) is 18.3. The molecule has 0 saturated carbocycles. The van der Waals surface area contributed by atoms with Crippen LogP contribution in [0.3, 0.4) is 0 Å². The minimum absolute atomic E-state index is 0.139. The fourth-order valence-electron chi connectivity index (χ4n) is 3.94. The molecule has 0 bridgehead atoms. The molecule has 1 saturated heterocycles. The zero-order chi connectivity index (χ0) is 23.4. The lowest BCUT2D eigenvalue weighted by molar-refractivity contribution is 0.0903. The minimum atomic E-state index is -0.519. The number of nitrogens with zero attached hydrogens (tertiary/aromatic N) is 1. The number of anilines is 1. The van der Waals surface area contributed by atoms with Crippen LogP contribution < -0.4 is 16.4 Å². The van der Waals surface area contributed by atoms with E-state index in [1.165, 1.54) is 12.1 Å². The van der Waals surface area contributed by atoms with Crippen LogP contribution in [0.15, 0.2) is 47.2 Å². The molecule has 1 aliphatic heterocycles. The molecule has 1 aliphatic rings. The molecular formula is C24H27BrFN5O2. The molecule has 1 fully saturated rings. The Morgan fingerprint density at radius 2 is 2.09 bits per heavy atom. The summed E-state index contributed by atoms with van der Waals surface area (Å²) >= 11 is 3.28. The molecule has 0 radical (unpaired) electrons. The molecule has 3 aromatic rings. The van der Waals surface area contributed by atoms with Crippen molar-refractivity contribution in [3.8, 4) is 11.1 Å². The SMILES string of the molecule is Cc1cnc(NC2CCOCC2)cc1-c1c[nH]c(C(=O)N[C@H](CN)c2cc(F)cc(Br)c2)c1. The maximum Gasteiger partial charge on any atom is 0.268 e. The lowest BCUT2D eigenvalue weighted by Gasteiger charge is -2.24. The summed E-state index contributed by atoms with van der Waals surface area (Å²) in [6, 6.07) is 8.09. The maximum absolute atomic E-state index is 13.8. The maximum atomic E-state index is 13.8. The second kappa shape index (κ2) is 10.5. The Morgan fingerprint density at radius 1 is 1.30 bits per heavy atom. The summed E-state index contributed by atoms with van der Waals surface area (Å²) in [6.07, 6.45) is 5.52.